The van der Waals surface area contributed by atoms with Crippen LogP contribution in [0.5, 0.6) is 0 Å². The first-order chi connectivity index (χ1) is 14.2. The highest BCUT2D eigenvalue weighted by Gasteiger charge is 2.41. The normalized spacial score (nSPS) is 18.8. The molecule has 1 N–H and O–H groups in total. The first-order valence-electron chi connectivity index (χ1n) is 9.60. The Labute approximate surface area is 175 Å². The van der Waals surface area contributed by atoms with E-state index in [4.69, 9.17) is 17.0 Å². The summed E-state index contributed by atoms with van der Waals surface area (Å²) in [5.74, 6) is -0.265. The minimum absolute atomic E-state index is 0.121. The fourth-order valence-corrected chi connectivity index (χ4v) is 4.18. The van der Waals surface area contributed by atoms with E-state index in [0.717, 1.165) is 24.4 Å². The number of para-hydroxylation sites is 1. The third kappa shape index (κ3) is 3.88. The van der Waals surface area contributed by atoms with Crippen LogP contribution in [0, 0.1) is 5.82 Å². The molecular weight excluding hydrogens is 387 g/mol. The molecule has 0 amide bonds. The zero-order chi connectivity index (χ0) is 20.2. The molecule has 4 rings (SSSR count). The number of thiocarbonyl (C=S) groups is 1. The Morgan fingerprint density at radius 3 is 2.72 bits per heavy atom. The van der Waals surface area contributed by atoms with Crippen molar-refractivity contribution in [2.24, 2.45) is 0 Å². The van der Waals surface area contributed by atoms with Gasteiger partial charge in [0.05, 0.1) is 23.5 Å². The van der Waals surface area contributed by atoms with Crippen LogP contribution in [0.25, 0.3) is 5.69 Å². The fraction of sp³-hybridized carbons (Fsp3) is 0.273. The lowest BCUT2D eigenvalue weighted by Gasteiger charge is -2.29. The van der Waals surface area contributed by atoms with Crippen molar-refractivity contribution in [2.75, 3.05) is 20.3 Å². The lowest BCUT2D eigenvalue weighted by molar-refractivity contribution is 0.180. The third-order valence-electron chi connectivity index (χ3n) is 5.14. The van der Waals surface area contributed by atoms with Crippen molar-refractivity contribution in [1.82, 2.24) is 19.8 Å². The van der Waals surface area contributed by atoms with E-state index in [0.29, 0.717) is 17.4 Å². The minimum Gasteiger partial charge on any atom is -0.385 e. The number of nitrogens with one attached hydrogen (secondary N) is 1. The molecule has 1 fully saturated rings. The SMILES string of the molecule is COCCCN1C(=S)N[C@@H](c2ccccn2)[C@@H]1c1cccn1-c1ccccc1F. The van der Waals surface area contributed by atoms with Crippen molar-refractivity contribution in [1.29, 1.82) is 0 Å². The molecule has 1 aromatic carbocycles. The van der Waals surface area contributed by atoms with Gasteiger partial charge in [0.15, 0.2) is 5.11 Å². The van der Waals surface area contributed by atoms with Crippen molar-refractivity contribution < 1.29 is 9.13 Å². The van der Waals surface area contributed by atoms with Crippen LogP contribution in [0.2, 0.25) is 0 Å². The predicted octanol–water partition coefficient (Wildman–Crippen LogP) is 4.02. The lowest BCUT2D eigenvalue weighted by atomic mass is 10.0. The van der Waals surface area contributed by atoms with Gasteiger partial charge in [-0.05, 0) is 55.0 Å². The average Bonchev–Trinajstić information content (AvgIpc) is 3.34. The van der Waals surface area contributed by atoms with E-state index >= 15 is 0 Å². The molecule has 29 heavy (non-hydrogen) atoms. The van der Waals surface area contributed by atoms with Crippen LogP contribution in [-0.2, 0) is 4.74 Å². The Morgan fingerprint density at radius 1 is 1.14 bits per heavy atom. The summed E-state index contributed by atoms with van der Waals surface area (Å²) >= 11 is 5.67. The molecule has 0 unspecified atom stereocenters. The Balaban J connectivity index is 1.77. The molecule has 0 bridgehead atoms. The molecule has 1 aliphatic heterocycles. The highest BCUT2D eigenvalue weighted by molar-refractivity contribution is 7.80. The van der Waals surface area contributed by atoms with Gasteiger partial charge in [-0.25, -0.2) is 4.39 Å². The van der Waals surface area contributed by atoms with Crippen molar-refractivity contribution in [3.8, 4) is 5.69 Å². The fourth-order valence-electron chi connectivity index (χ4n) is 3.85. The molecule has 7 heteroatoms. The molecular formula is C22H23FN4OS. The van der Waals surface area contributed by atoms with Crippen LogP contribution in [0.15, 0.2) is 67.0 Å². The van der Waals surface area contributed by atoms with Crippen LogP contribution >= 0.6 is 12.2 Å². The van der Waals surface area contributed by atoms with Gasteiger partial charge in [-0.1, -0.05) is 18.2 Å². The summed E-state index contributed by atoms with van der Waals surface area (Å²) in [5.41, 5.74) is 2.37. The minimum atomic E-state index is -0.265. The van der Waals surface area contributed by atoms with Crippen molar-refractivity contribution in [3.63, 3.8) is 0 Å². The van der Waals surface area contributed by atoms with Gasteiger partial charge in [-0.15, -0.1) is 0 Å². The van der Waals surface area contributed by atoms with Crippen molar-refractivity contribution in [2.45, 2.75) is 18.5 Å². The summed E-state index contributed by atoms with van der Waals surface area (Å²) < 4.78 is 21.7. The largest absolute Gasteiger partial charge is 0.385 e. The third-order valence-corrected chi connectivity index (χ3v) is 5.49. The van der Waals surface area contributed by atoms with Crippen LogP contribution in [0.1, 0.15) is 29.9 Å². The van der Waals surface area contributed by atoms with E-state index in [1.807, 2.05) is 47.2 Å². The molecule has 1 saturated heterocycles. The zero-order valence-corrected chi connectivity index (χ0v) is 17.0. The lowest BCUT2D eigenvalue weighted by Crippen LogP contribution is -2.32. The van der Waals surface area contributed by atoms with E-state index in [2.05, 4.69) is 15.2 Å². The molecule has 0 spiro atoms. The number of rotatable bonds is 7. The Bertz CT molecular complexity index is 978. The van der Waals surface area contributed by atoms with Gasteiger partial charge in [0.1, 0.15) is 5.82 Å². The average molecular weight is 411 g/mol. The van der Waals surface area contributed by atoms with Crippen LogP contribution in [-0.4, -0.2) is 39.8 Å². The van der Waals surface area contributed by atoms with E-state index in [9.17, 15) is 4.39 Å². The number of benzene rings is 1. The predicted molar refractivity (Wildman–Crippen MR) is 114 cm³/mol. The smallest absolute Gasteiger partial charge is 0.170 e. The topological polar surface area (TPSA) is 42.3 Å². The van der Waals surface area contributed by atoms with E-state index < -0.39 is 0 Å². The van der Waals surface area contributed by atoms with Crippen LogP contribution < -0.4 is 5.32 Å². The first-order valence-corrected chi connectivity index (χ1v) is 10.0. The standard InChI is InChI=1S/C22H23FN4OS/c1-28-15-7-14-27-21(20(25-22(27)29)17-9-4-5-12-24-17)19-11-6-13-26(19)18-10-3-2-8-16(18)23/h2-6,8-13,20-21H,7,14-15H2,1H3,(H,25,29)/t20-,21-/m0/s1. The quantitative estimate of drug-likeness (QED) is 0.471. The molecule has 3 heterocycles. The molecule has 2 aromatic heterocycles. The van der Waals surface area contributed by atoms with Gasteiger partial charge >= 0.3 is 0 Å². The molecule has 0 radical (unpaired) electrons. The number of methoxy groups -OCH3 is 1. The number of nitrogens with zero attached hydrogens (tertiary/aromatic N) is 3. The van der Waals surface area contributed by atoms with Crippen molar-refractivity contribution >= 4 is 17.3 Å². The summed E-state index contributed by atoms with van der Waals surface area (Å²) in [6.07, 6.45) is 4.50. The van der Waals surface area contributed by atoms with Gasteiger partial charge < -0.3 is 19.5 Å². The maximum absolute atomic E-state index is 14.6. The second-order valence-corrected chi connectivity index (χ2v) is 7.31. The Morgan fingerprint density at radius 2 is 1.97 bits per heavy atom. The number of pyridine rings is 1. The van der Waals surface area contributed by atoms with Crippen LogP contribution in [0.4, 0.5) is 4.39 Å². The second kappa shape index (κ2) is 8.71. The van der Waals surface area contributed by atoms with Gasteiger partial charge in [0.2, 0.25) is 0 Å². The highest BCUT2D eigenvalue weighted by Crippen LogP contribution is 2.39. The zero-order valence-electron chi connectivity index (χ0n) is 16.2. The number of hydrogen-bond donors (Lipinski definition) is 1. The summed E-state index contributed by atoms with van der Waals surface area (Å²) in [6, 6.07) is 16.3. The monoisotopic (exact) mass is 410 g/mol. The molecule has 2 atom stereocenters. The Kier molecular flexibility index (Phi) is 5.87. The summed E-state index contributed by atoms with van der Waals surface area (Å²) in [4.78, 5) is 6.70. The van der Waals surface area contributed by atoms with E-state index in [-0.39, 0.29) is 17.9 Å². The summed E-state index contributed by atoms with van der Waals surface area (Å²) in [7, 11) is 1.69. The number of halogens is 1. The first kappa shape index (κ1) is 19.5. The highest BCUT2D eigenvalue weighted by atomic mass is 32.1. The second-order valence-electron chi connectivity index (χ2n) is 6.92. The maximum atomic E-state index is 14.6. The summed E-state index contributed by atoms with van der Waals surface area (Å²) in [6.45, 7) is 1.38. The summed E-state index contributed by atoms with van der Waals surface area (Å²) in [5, 5.41) is 4.10. The molecule has 150 valence electrons. The van der Waals surface area contributed by atoms with E-state index in [1.165, 1.54) is 6.07 Å². The molecule has 3 aromatic rings. The van der Waals surface area contributed by atoms with Gasteiger partial charge in [0.25, 0.3) is 0 Å². The van der Waals surface area contributed by atoms with Gasteiger partial charge in [0, 0.05) is 38.3 Å². The molecule has 0 saturated carbocycles. The number of hydrogen-bond acceptors (Lipinski definition) is 3. The van der Waals surface area contributed by atoms with Gasteiger partial charge in [-0.3, -0.25) is 4.98 Å². The number of ether oxygens (including phenoxy) is 1. The molecule has 0 aliphatic carbocycles. The number of aromatic nitrogens is 2. The Hall–Kier alpha value is -2.77. The van der Waals surface area contributed by atoms with Gasteiger partial charge in [-0.2, -0.15) is 0 Å². The molecule has 1 aliphatic rings. The maximum Gasteiger partial charge on any atom is 0.170 e. The van der Waals surface area contributed by atoms with Crippen LogP contribution in [0.3, 0.4) is 0 Å². The molecule has 5 nitrogen and oxygen atoms in total. The van der Waals surface area contributed by atoms with Crippen molar-refractivity contribution in [3.05, 3.63) is 84.2 Å². The van der Waals surface area contributed by atoms with E-state index in [1.54, 1.807) is 25.4 Å².